The molecule has 3 aromatic rings. The maximum Gasteiger partial charge on any atom is 0.336 e. The van der Waals surface area contributed by atoms with Crippen LogP contribution in [0, 0.1) is 16.7 Å². The third kappa shape index (κ3) is 2.76. The average molecular weight is 417 g/mol. The van der Waals surface area contributed by atoms with Crippen LogP contribution in [0.15, 0.2) is 35.3 Å². The van der Waals surface area contributed by atoms with Crippen LogP contribution in [-0.2, 0) is 4.79 Å². The number of likely N-dealkylation sites (tertiary alicyclic amines) is 1. The lowest BCUT2D eigenvalue weighted by molar-refractivity contribution is -0.134. The summed E-state index contributed by atoms with van der Waals surface area (Å²) in [6.07, 6.45) is 2.65. The minimum atomic E-state index is -0.335. The fourth-order valence-electron chi connectivity index (χ4n) is 4.94. The predicted molar refractivity (Wildman–Crippen MR) is 114 cm³/mol. The van der Waals surface area contributed by atoms with Gasteiger partial charge in [0.15, 0.2) is 0 Å². The topological polar surface area (TPSA) is 104 Å². The lowest BCUT2D eigenvalue weighted by atomic mass is 9.91. The number of amides is 1. The number of carbonyl (C=O) groups is 1. The molecule has 0 saturated carbocycles. The number of aromatic nitrogens is 3. The highest BCUT2D eigenvalue weighted by molar-refractivity contribution is 5.91. The molecule has 1 saturated heterocycles. The Balaban J connectivity index is 1.64. The van der Waals surface area contributed by atoms with Gasteiger partial charge in [0, 0.05) is 24.5 Å². The zero-order valence-corrected chi connectivity index (χ0v) is 17.7. The molecule has 2 aromatic heterocycles. The van der Waals surface area contributed by atoms with Crippen LogP contribution < -0.4 is 5.69 Å². The molecule has 0 unspecified atom stereocenters. The van der Waals surface area contributed by atoms with Gasteiger partial charge in [0.05, 0.1) is 28.9 Å². The lowest BCUT2D eigenvalue weighted by Crippen LogP contribution is -2.39. The quantitative estimate of drug-likeness (QED) is 0.690. The molecular weight excluding hydrogens is 394 g/mol. The Kier molecular flexibility index (Phi) is 4.03. The minimum absolute atomic E-state index is 0.0406. The molecule has 8 nitrogen and oxygen atoms in total. The third-order valence-electron chi connectivity index (χ3n) is 6.17. The zero-order valence-electron chi connectivity index (χ0n) is 17.7. The van der Waals surface area contributed by atoms with Gasteiger partial charge >= 0.3 is 5.69 Å². The van der Waals surface area contributed by atoms with E-state index in [0.717, 1.165) is 0 Å². The Morgan fingerprint density at radius 1 is 1.32 bits per heavy atom. The van der Waals surface area contributed by atoms with Crippen molar-refractivity contribution >= 4 is 16.8 Å². The Hall–Kier alpha value is -3.60. The Morgan fingerprint density at radius 2 is 2.10 bits per heavy atom. The van der Waals surface area contributed by atoms with Crippen LogP contribution in [0.1, 0.15) is 57.0 Å². The van der Waals surface area contributed by atoms with E-state index in [1.165, 1.54) is 4.57 Å². The zero-order chi connectivity index (χ0) is 22.1. The van der Waals surface area contributed by atoms with Crippen LogP contribution in [0.3, 0.4) is 0 Å². The van der Waals surface area contributed by atoms with E-state index in [1.54, 1.807) is 39.9 Å². The fraction of sp³-hybridized carbons (Fsp3) is 0.391. The second kappa shape index (κ2) is 6.45. The molecule has 4 heterocycles. The van der Waals surface area contributed by atoms with Gasteiger partial charge in [-0.3, -0.25) is 14.3 Å². The fourth-order valence-corrected chi connectivity index (χ4v) is 4.94. The molecule has 158 valence electrons. The maximum absolute atomic E-state index is 13.4. The Labute approximate surface area is 179 Å². The van der Waals surface area contributed by atoms with E-state index in [9.17, 15) is 20.0 Å². The molecule has 8 heteroatoms. The first-order valence-electron chi connectivity index (χ1n) is 10.3. The molecule has 0 radical (unpaired) electrons. The number of aromatic hydroxyl groups is 1. The van der Waals surface area contributed by atoms with Crippen molar-refractivity contribution in [3.05, 3.63) is 52.2 Å². The summed E-state index contributed by atoms with van der Waals surface area (Å²) in [5, 5.41) is 21.1. The number of hydrogen-bond acceptors (Lipinski definition) is 5. The largest absolute Gasteiger partial charge is 0.493 e. The normalized spacial score (nSPS) is 19.6. The Bertz CT molecular complexity index is 1340. The van der Waals surface area contributed by atoms with Gasteiger partial charge in [-0.25, -0.2) is 9.36 Å². The van der Waals surface area contributed by atoms with Crippen molar-refractivity contribution < 1.29 is 9.90 Å². The van der Waals surface area contributed by atoms with Crippen LogP contribution in [0.2, 0.25) is 0 Å². The Morgan fingerprint density at radius 3 is 2.81 bits per heavy atom. The maximum atomic E-state index is 13.4. The molecule has 2 aliphatic heterocycles. The van der Waals surface area contributed by atoms with Crippen molar-refractivity contribution in [2.45, 2.75) is 45.7 Å². The van der Waals surface area contributed by atoms with Crippen molar-refractivity contribution in [2.24, 2.45) is 5.41 Å². The molecule has 0 aliphatic carbocycles. The van der Waals surface area contributed by atoms with Gasteiger partial charge in [-0.05, 0) is 36.1 Å². The van der Waals surface area contributed by atoms with Crippen molar-refractivity contribution in [2.75, 3.05) is 6.54 Å². The number of nitriles is 1. The molecule has 1 aromatic carbocycles. The standard InChI is InChI=1S/C23H23N5O3/c1-23(2,3)10-18(29)26-12-14-9-17(26)20-21(30)28(22(31)27(14)20)16-7-6-13(11-24)19-15(16)5-4-8-25-19/h4-8,14,17,30H,9-10,12H2,1-3H3/t14-,17-/m0/s1. The molecule has 1 N–H and O–H groups in total. The van der Waals surface area contributed by atoms with Crippen LogP contribution in [0.4, 0.5) is 0 Å². The number of hydrogen-bond donors (Lipinski definition) is 1. The van der Waals surface area contributed by atoms with E-state index in [0.29, 0.717) is 47.2 Å². The van der Waals surface area contributed by atoms with Gasteiger partial charge in [0.25, 0.3) is 0 Å². The summed E-state index contributed by atoms with van der Waals surface area (Å²) in [7, 11) is 0. The summed E-state index contributed by atoms with van der Waals surface area (Å²) in [6, 6.07) is 8.43. The van der Waals surface area contributed by atoms with Crippen molar-refractivity contribution in [3.8, 4) is 17.6 Å². The number of imidazole rings is 1. The molecule has 5 rings (SSSR count). The SMILES string of the molecule is CC(C)(C)CC(=O)N1C[C@@H]2C[C@H]1c1c(O)n(-c3ccc(C#N)c4ncccc34)c(=O)n12. The smallest absolute Gasteiger partial charge is 0.336 e. The second-order valence-electron chi connectivity index (χ2n) is 9.53. The third-order valence-corrected chi connectivity index (χ3v) is 6.17. The van der Waals surface area contributed by atoms with E-state index in [-0.39, 0.29) is 35.0 Å². The number of fused-ring (bicyclic) bond motifs is 6. The summed E-state index contributed by atoms with van der Waals surface area (Å²) in [6.45, 7) is 6.54. The van der Waals surface area contributed by atoms with Crippen LogP contribution in [0.5, 0.6) is 5.88 Å². The molecule has 1 fully saturated rings. The first-order chi connectivity index (χ1) is 14.7. The van der Waals surface area contributed by atoms with Crippen molar-refractivity contribution in [3.63, 3.8) is 0 Å². The van der Waals surface area contributed by atoms with Crippen molar-refractivity contribution in [1.82, 2.24) is 19.0 Å². The lowest BCUT2D eigenvalue weighted by Gasteiger charge is -2.30. The van der Waals surface area contributed by atoms with E-state index < -0.39 is 0 Å². The predicted octanol–water partition coefficient (Wildman–Crippen LogP) is 3.03. The van der Waals surface area contributed by atoms with Gasteiger partial charge in [-0.1, -0.05) is 20.8 Å². The van der Waals surface area contributed by atoms with E-state index in [4.69, 9.17) is 0 Å². The van der Waals surface area contributed by atoms with Crippen LogP contribution >= 0.6 is 0 Å². The number of nitrogens with zero attached hydrogens (tertiary/aromatic N) is 5. The molecule has 31 heavy (non-hydrogen) atoms. The first kappa shape index (κ1) is 19.4. The number of benzene rings is 1. The highest BCUT2D eigenvalue weighted by Crippen LogP contribution is 2.49. The van der Waals surface area contributed by atoms with Gasteiger partial charge < -0.3 is 10.0 Å². The summed E-state index contributed by atoms with van der Waals surface area (Å²) in [5.74, 6) is -0.112. The van der Waals surface area contributed by atoms with E-state index in [2.05, 4.69) is 11.1 Å². The first-order valence-corrected chi connectivity index (χ1v) is 10.3. The summed E-state index contributed by atoms with van der Waals surface area (Å²) < 4.78 is 2.90. The minimum Gasteiger partial charge on any atom is -0.493 e. The molecule has 0 spiro atoms. The summed E-state index contributed by atoms with van der Waals surface area (Å²) in [4.78, 5) is 32.3. The highest BCUT2D eigenvalue weighted by Gasteiger charge is 2.49. The number of carbonyl (C=O) groups excluding carboxylic acids is 1. The molecule has 1 amide bonds. The van der Waals surface area contributed by atoms with Crippen LogP contribution in [-0.4, -0.2) is 36.6 Å². The molecular formula is C23H23N5O3. The molecule has 2 aliphatic rings. The number of pyridine rings is 1. The van der Waals surface area contributed by atoms with E-state index >= 15 is 0 Å². The van der Waals surface area contributed by atoms with Crippen LogP contribution in [0.25, 0.3) is 16.6 Å². The molecule has 2 bridgehead atoms. The average Bonchev–Trinajstić information content (AvgIpc) is 3.38. The van der Waals surface area contributed by atoms with Gasteiger partial charge in [-0.15, -0.1) is 0 Å². The summed E-state index contributed by atoms with van der Waals surface area (Å²) in [5.41, 5.74) is 1.37. The van der Waals surface area contributed by atoms with Gasteiger partial charge in [0.1, 0.15) is 11.8 Å². The summed E-state index contributed by atoms with van der Waals surface area (Å²) >= 11 is 0. The highest BCUT2D eigenvalue weighted by atomic mass is 16.3. The van der Waals surface area contributed by atoms with Gasteiger partial charge in [0.2, 0.25) is 11.8 Å². The number of rotatable bonds is 2. The van der Waals surface area contributed by atoms with E-state index in [1.807, 2.05) is 20.8 Å². The second-order valence-corrected chi connectivity index (χ2v) is 9.53. The van der Waals surface area contributed by atoms with Gasteiger partial charge in [-0.2, -0.15) is 5.26 Å². The monoisotopic (exact) mass is 417 g/mol. The molecule has 2 atom stereocenters. The van der Waals surface area contributed by atoms with Crippen molar-refractivity contribution in [1.29, 1.82) is 5.26 Å².